The monoisotopic (exact) mass is 311 g/mol. The lowest BCUT2D eigenvalue weighted by Gasteiger charge is -2.26. The molecule has 0 aromatic heterocycles. The number of nitrogens with one attached hydrogen (secondary N) is 1. The zero-order valence-electron chi connectivity index (χ0n) is 13.4. The van der Waals surface area contributed by atoms with E-state index in [1.54, 1.807) is 0 Å². The fraction of sp³-hybridized carbons (Fsp3) is 0.400. The molecule has 0 amide bonds. The second-order valence-corrected chi connectivity index (χ2v) is 6.30. The van der Waals surface area contributed by atoms with Crippen molar-refractivity contribution in [3.63, 3.8) is 0 Å². The lowest BCUT2D eigenvalue weighted by Crippen LogP contribution is -2.34. The summed E-state index contributed by atoms with van der Waals surface area (Å²) in [5.74, 6) is 0.901. The molecular weight excluding hydrogens is 286 g/mol. The van der Waals surface area contributed by atoms with E-state index < -0.39 is 0 Å². The van der Waals surface area contributed by atoms with E-state index in [1.165, 1.54) is 11.1 Å². The van der Waals surface area contributed by atoms with Crippen LogP contribution in [0.2, 0.25) is 0 Å². The first-order valence-corrected chi connectivity index (χ1v) is 8.47. The van der Waals surface area contributed by atoms with Crippen LogP contribution in [0.1, 0.15) is 36.8 Å². The van der Waals surface area contributed by atoms with Crippen LogP contribution in [0.15, 0.2) is 54.6 Å². The van der Waals surface area contributed by atoms with Crippen LogP contribution in [0.5, 0.6) is 5.75 Å². The number of aliphatic hydroxyl groups is 1. The molecule has 0 heterocycles. The van der Waals surface area contributed by atoms with Gasteiger partial charge in [0.15, 0.2) is 0 Å². The molecule has 2 aromatic rings. The Morgan fingerprint density at radius 3 is 2.26 bits per heavy atom. The summed E-state index contributed by atoms with van der Waals surface area (Å²) in [4.78, 5) is 0. The fourth-order valence-electron chi connectivity index (χ4n) is 2.99. The van der Waals surface area contributed by atoms with Crippen LogP contribution in [-0.2, 0) is 13.2 Å². The second-order valence-electron chi connectivity index (χ2n) is 6.30. The lowest BCUT2D eigenvalue weighted by molar-refractivity contribution is 0.116. The summed E-state index contributed by atoms with van der Waals surface area (Å²) in [5, 5.41) is 13.1. The second kappa shape index (κ2) is 8.14. The highest BCUT2D eigenvalue weighted by atomic mass is 16.5. The summed E-state index contributed by atoms with van der Waals surface area (Å²) in [5.41, 5.74) is 2.45. The van der Waals surface area contributed by atoms with Crippen LogP contribution < -0.4 is 10.1 Å². The molecule has 1 saturated carbocycles. The molecule has 0 unspecified atom stereocenters. The first kappa shape index (κ1) is 16.0. The van der Waals surface area contributed by atoms with Gasteiger partial charge in [0, 0.05) is 12.6 Å². The standard InChI is InChI=1S/C20H25NO2/c22-19-10-8-18(9-11-19)21-14-16-6-12-20(13-7-16)23-15-17-4-2-1-3-5-17/h1-7,12-13,18-19,21-22H,8-11,14-15H2. The molecule has 23 heavy (non-hydrogen) atoms. The highest BCUT2D eigenvalue weighted by molar-refractivity contribution is 5.27. The van der Waals surface area contributed by atoms with E-state index in [1.807, 2.05) is 30.3 Å². The van der Waals surface area contributed by atoms with Gasteiger partial charge in [-0.1, -0.05) is 42.5 Å². The maximum atomic E-state index is 9.53. The van der Waals surface area contributed by atoms with Gasteiger partial charge < -0.3 is 15.2 Å². The van der Waals surface area contributed by atoms with Crippen molar-refractivity contribution in [2.24, 2.45) is 0 Å². The number of ether oxygens (including phenoxy) is 1. The van der Waals surface area contributed by atoms with E-state index in [2.05, 4.69) is 29.6 Å². The Morgan fingerprint density at radius 2 is 1.57 bits per heavy atom. The fourth-order valence-corrected chi connectivity index (χ4v) is 2.99. The summed E-state index contributed by atoms with van der Waals surface area (Å²) in [7, 11) is 0. The molecule has 0 bridgehead atoms. The van der Waals surface area contributed by atoms with Gasteiger partial charge in [-0.25, -0.2) is 0 Å². The summed E-state index contributed by atoms with van der Waals surface area (Å²) in [6.45, 7) is 1.47. The molecule has 0 radical (unpaired) electrons. The van der Waals surface area contributed by atoms with Crippen molar-refractivity contribution in [1.82, 2.24) is 5.32 Å². The Hall–Kier alpha value is -1.84. The van der Waals surface area contributed by atoms with Crippen molar-refractivity contribution >= 4 is 0 Å². The molecule has 1 aliphatic carbocycles. The summed E-state index contributed by atoms with van der Waals surface area (Å²) in [6, 6.07) is 19.0. The smallest absolute Gasteiger partial charge is 0.119 e. The Balaban J connectivity index is 1.43. The molecule has 3 nitrogen and oxygen atoms in total. The van der Waals surface area contributed by atoms with Crippen LogP contribution >= 0.6 is 0 Å². The van der Waals surface area contributed by atoms with Crippen molar-refractivity contribution in [3.05, 3.63) is 65.7 Å². The molecule has 3 rings (SSSR count). The molecular formula is C20H25NO2. The van der Waals surface area contributed by atoms with Crippen LogP contribution in [0.25, 0.3) is 0 Å². The topological polar surface area (TPSA) is 41.5 Å². The number of hydrogen-bond donors (Lipinski definition) is 2. The summed E-state index contributed by atoms with van der Waals surface area (Å²) in [6.07, 6.45) is 3.89. The zero-order chi connectivity index (χ0) is 15.9. The van der Waals surface area contributed by atoms with Gasteiger partial charge >= 0.3 is 0 Å². The molecule has 0 atom stereocenters. The number of rotatable bonds is 6. The van der Waals surface area contributed by atoms with Gasteiger partial charge in [-0.05, 0) is 48.9 Å². The third-order valence-corrected chi connectivity index (χ3v) is 4.46. The minimum Gasteiger partial charge on any atom is -0.489 e. The van der Waals surface area contributed by atoms with Crippen LogP contribution in [-0.4, -0.2) is 17.3 Å². The Kier molecular flexibility index (Phi) is 5.67. The third kappa shape index (κ3) is 5.08. The van der Waals surface area contributed by atoms with Crippen LogP contribution in [0, 0.1) is 0 Å². The number of benzene rings is 2. The quantitative estimate of drug-likeness (QED) is 0.855. The molecule has 1 aliphatic rings. The minimum atomic E-state index is -0.0888. The molecule has 0 aliphatic heterocycles. The van der Waals surface area contributed by atoms with Gasteiger partial charge in [-0.15, -0.1) is 0 Å². The molecule has 2 N–H and O–H groups in total. The summed E-state index contributed by atoms with van der Waals surface area (Å²) >= 11 is 0. The first-order chi connectivity index (χ1) is 11.3. The van der Waals surface area contributed by atoms with E-state index in [4.69, 9.17) is 4.74 Å². The molecule has 0 spiro atoms. The van der Waals surface area contributed by atoms with Crippen molar-refractivity contribution in [2.75, 3.05) is 0 Å². The van der Waals surface area contributed by atoms with Crippen molar-refractivity contribution in [3.8, 4) is 5.75 Å². The van der Waals surface area contributed by atoms with Crippen molar-refractivity contribution < 1.29 is 9.84 Å². The molecule has 1 fully saturated rings. The zero-order valence-corrected chi connectivity index (χ0v) is 13.4. The average molecular weight is 311 g/mol. The molecule has 2 aromatic carbocycles. The van der Waals surface area contributed by atoms with E-state index in [0.717, 1.165) is 38.0 Å². The van der Waals surface area contributed by atoms with Gasteiger partial charge in [-0.3, -0.25) is 0 Å². The maximum Gasteiger partial charge on any atom is 0.119 e. The Labute approximate surface area is 138 Å². The molecule has 3 heteroatoms. The normalized spacial score (nSPS) is 21.1. The predicted molar refractivity (Wildman–Crippen MR) is 92.3 cm³/mol. The molecule has 122 valence electrons. The van der Waals surface area contributed by atoms with Crippen LogP contribution in [0.4, 0.5) is 0 Å². The lowest BCUT2D eigenvalue weighted by atomic mass is 9.93. The van der Waals surface area contributed by atoms with Gasteiger partial charge in [0.2, 0.25) is 0 Å². The predicted octanol–water partition coefficient (Wildman–Crippen LogP) is 3.66. The van der Waals surface area contributed by atoms with Crippen molar-refractivity contribution in [2.45, 2.75) is 51.0 Å². The third-order valence-electron chi connectivity index (χ3n) is 4.46. The summed E-state index contributed by atoms with van der Waals surface area (Å²) < 4.78 is 5.81. The van der Waals surface area contributed by atoms with Gasteiger partial charge in [0.05, 0.1) is 6.10 Å². The highest BCUT2D eigenvalue weighted by Crippen LogP contribution is 2.19. The van der Waals surface area contributed by atoms with Gasteiger partial charge in [0.1, 0.15) is 12.4 Å². The van der Waals surface area contributed by atoms with Gasteiger partial charge in [0.25, 0.3) is 0 Å². The average Bonchev–Trinajstić information content (AvgIpc) is 2.61. The molecule has 0 saturated heterocycles. The van der Waals surface area contributed by atoms with Crippen molar-refractivity contribution in [1.29, 1.82) is 0 Å². The SMILES string of the molecule is OC1CCC(NCc2ccc(OCc3ccccc3)cc2)CC1. The van der Waals surface area contributed by atoms with E-state index in [-0.39, 0.29) is 6.10 Å². The van der Waals surface area contributed by atoms with Gasteiger partial charge in [-0.2, -0.15) is 0 Å². The van der Waals surface area contributed by atoms with Crippen LogP contribution in [0.3, 0.4) is 0 Å². The number of aliphatic hydroxyl groups excluding tert-OH is 1. The Morgan fingerprint density at radius 1 is 0.870 bits per heavy atom. The van der Waals surface area contributed by atoms with E-state index >= 15 is 0 Å². The number of hydrogen-bond acceptors (Lipinski definition) is 3. The Bertz CT molecular complexity index is 574. The maximum absolute atomic E-state index is 9.53. The first-order valence-electron chi connectivity index (χ1n) is 8.47. The minimum absolute atomic E-state index is 0.0888. The van der Waals surface area contributed by atoms with E-state index in [9.17, 15) is 5.11 Å². The largest absolute Gasteiger partial charge is 0.489 e. The van der Waals surface area contributed by atoms with E-state index in [0.29, 0.717) is 12.6 Å². The highest BCUT2D eigenvalue weighted by Gasteiger charge is 2.18.